The van der Waals surface area contributed by atoms with Gasteiger partial charge in [0.05, 0.1) is 23.7 Å². The molecule has 0 radical (unpaired) electrons. The quantitative estimate of drug-likeness (QED) is 0.447. The maximum atomic E-state index is 12.8. The average Bonchev–Trinajstić information content (AvgIpc) is 3.12. The molecule has 1 amide bonds. The predicted molar refractivity (Wildman–Crippen MR) is 121 cm³/mol. The van der Waals surface area contributed by atoms with E-state index in [0.717, 1.165) is 26.6 Å². The molecule has 8 heteroatoms. The van der Waals surface area contributed by atoms with Crippen LogP contribution in [0.1, 0.15) is 5.56 Å². The van der Waals surface area contributed by atoms with Gasteiger partial charge in [0.15, 0.2) is 16.3 Å². The zero-order valence-corrected chi connectivity index (χ0v) is 18.2. The normalized spacial score (nSPS) is 13.5. The first-order valence-electron chi connectivity index (χ1n) is 10.2. The van der Waals surface area contributed by atoms with E-state index in [2.05, 4.69) is 4.99 Å². The van der Waals surface area contributed by atoms with Crippen molar-refractivity contribution in [2.45, 2.75) is 13.0 Å². The zero-order valence-electron chi connectivity index (χ0n) is 17.4. The van der Waals surface area contributed by atoms with Gasteiger partial charge in [0.25, 0.3) is 5.91 Å². The monoisotopic (exact) mass is 448 g/mol. The number of hydrogen-bond acceptors (Lipinski definition) is 6. The molecule has 0 N–H and O–H groups in total. The third kappa shape index (κ3) is 3.97. The minimum absolute atomic E-state index is 0.0573. The van der Waals surface area contributed by atoms with Crippen LogP contribution in [0.25, 0.3) is 21.0 Å². The van der Waals surface area contributed by atoms with Gasteiger partial charge in [-0.1, -0.05) is 53.8 Å². The number of amides is 1. The predicted octanol–water partition coefficient (Wildman–Crippen LogP) is 3.47. The van der Waals surface area contributed by atoms with E-state index in [0.29, 0.717) is 29.5 Å². The van der Waals surface area contributed by atoms with E-state index in [4.69, 9.17) is 14.2 Å². The molecule has 0 fully saturated rings. The van der Waals surface area contributed by atoms with Gasteiger partial charge in [0, 0.05) is 12.1 Å². The number of methoxy groups -OCH3 is 1. The lowest BCUT2D eigenvalue weighted by molar-refractivity contribution is -0.141. The Morgan fingerprint density at radius 2 is 1.78 bits per heavy atom. The number of esters is 1. The molecule has 2 heterocycles. The summed E-state index contributed by atoms with van der Waals surface area (Å²) in [7, 11) is 1.33. The highest BCUT2D eigenvalue weighted by atomic mass is 32.1. The number of carbonyl (C=O) groups excluding carboxylic acids is 2. The van der Waals surface area contributed by atoms with Crippen LogP contribution in [-0.2, 0) is 27.3 Å². The molecule has 162 valence electrons. The molecule has 0 aliphatic carbocycles. The second-order valence-corrected chi connectivity index (χ2v) is 8.38. The summed E-state index contributed by atoms with van der Waals surface area (Å²) >= 11 is 1.32. The number of aromatic nitrogens is 1. The molecule has 5 rings (SSSR count). The van der Waals surface area contributed by atoms with Gasteiger partial charge in [-0.3, -0.25) is 9.59 Å². The van der Waals surface area contributed by atoms with E-state index in [1.165, 1.54) is 18.4 Å². The SMILES string of the molecule is COC(=O)Cn1c(=NC(=O)Cc2ccc3ccccc3c2)sc2cc3c(cc21)OCCO3. The van der Waals surface area contributed by atoms with Crippen molar-refractivity contribution in [2.75, 3.05) is 20.3 Å². The molecule has 7 nitrogen and oxygen atoms in total. The number of thiazole rings is 1. The van der Waals surface area contributed by atoms with Gasteiger partial charge < -0.3 is 18.8 Å². The lowest BCUT2D eigenvalue weighted by Crippen LogP contribution is -2.23. The fourth-order valence-electron chi connectivity index (χ4n) is 3.71. The molecular weight excluding hydrogens is 428 g/mol. The maximum absolute atomic E-state index is 12.8. The Morgan fingerprint density at radius 1 is 1.03 bits per heavy atom. The molecule has 32 heavy (non-hydrogen) atoms. The molecule has 0 unspecified atom stereocenters. The molecule has 1 aromatic heterocycles. The second kappa shape index (κ2) is 8.47. The van der Waals surface area contributed by atoms with Crippen molar-refractivity contribution in [1.82, 2.24) is 4.57 Å². The lowest BCUT2D eigenvalue weighted by atomic mass is 10.1. The third-order valence-electron chi connectivity index (χ3n) is 5.25. The highest BCUT2D eigenvalue weighted by Crippen LogP contribution is 2.35. The molecule has 1 aliphatic heterocycles. The summed E-state index contributed by atoms with van der Waals surface area (Å²) in [5.41, 5.74) is 1.62. The fourth-order valence-corrected chi connectivity index (χ4v) is 4.76. The minimum Gasteiger partial charge on any atom is -0.486 e. The summed E-state index contributed by atoms with van der Waals surface area (Å²) < 4.78 is 18.7. The summed E-state index contributed by atoms with van der Waals surface area (Å²) in [5, 5.41) is 2.19. The van der Waals surface area contributed by atoms with Crippen molar-refractivity contribution in [3.63, 3.8) is 0 Å². The van der Waals surface area contributed by atoms with Crippen LogP contribution in [0.4, 0.5) is 0 Å². The highest BCUT2D eigenvalue weighted by Gasteiger charge is 2.18. The van der Waals surface area contributed by atoms with E-state index in [1.807, 2.05) is 54.6 Å². The van der Waals surface area contributed by atoms with Gasteiger partial charge >= 0.3 is 5.97 Å². The van der Waals surface area contributed by atoms with Crippen LogP contribution in [-0.4, -0.2) is 36.8 Å². The van der Waals surface area contributed by atoms with Gasteiger partial charge in [-0.25, -0.2) is 0 Å². The Kier molecular flexibility index (Phi) is 5.36. The van der Waals surface area contributed by atoms with Crippen LogP contribution in [0, 0.1) is 0 Å². The molecule has 3 aromatic carbocycles. The molecule has 0 bridgehead atoms. The number of nitrogens with zero attached hydrogens (tertiary/aromatic N) is 2. The van der Waals surface area contributed by atoms with E-state index in [-0.39, 0.29) is 18.9 Å². The minimum atomic E-state index is -0.428. The van der Waals surface area contributed by atoms with E-state index >= 15 is 0 Å². The Labute approximate surface area is 187 Å². The topological polar surface area (TPSA) is 79.1 Å². The first kappa shape index (κ1) is 20.3. The van der Waals surface area contributed by atoms with Gasteiger partial charge in [0.2, 0.25) is 0 Å². The first-order chi connectivity index (χ1) is 15.6. The summed E-state index contributed by atoms with van der Waals surface area (Å²) in [6.07, 6.45) is 0.167. The number of carbonyl (C=O) groups is 2. The Bertz CT molecular complexity index is 1420. The largest absolute Gasteiger partial charge is 0.486 e. The first-order valence-corrected chi connectivity index (χ1v) is 11.0. The van der Waals surface area contributed by atoms with E-state index in [9.17, 15) is 9.59 Å². The molecule has 4 aromatic rings. The smallest absolute Gasteiger partial charge is 0.325 e. The van der Waals surface area contributed by atoms with Crippen molar-refractivity contribution in [3.05, 3.63) is 65.0 Å². The van der Waals surface area contributed by atoms with Crippen LogP contribution >= 0.6 is 11.3 Å². The summed E-state index contributed by atoms with van der Waals surface area (Å²) in [6.45, 7) is 0.882. The molecule has 1 aliphatic rings. The van der Waals surface area contributed by atoms with Gasteiger partial charge in [0.1, 0.15) is 19.8 Å². The Balaban J connectivity index is 1.53. The third-order valence-corrected chi connectivity index (χ3v) is 6.29. The molecule has 0 saturated heterocycles. The maximum Gasteiger partial charge on any atom is 0.325 e. The van der Waals surface area contributed by atoms with Crippen molar-refractivity contribution in [1.29, 1.82) is 0 Å². The molecule has 0 spiro atoms. The zero-order chi connectivity index (χ0) is 22.1. The number of fused-ring (bicyclic) bond motifs is 3. The summed E-state index contributed by atoms with van der Waals surface area (Å²) in [5.74, 6) is 0.532. The number of benzene rings is 3. The molecule has 0 atom stereocenters. The van der Waals surface area contributed by atoms with Crippen molar-refractivity contribution < 1.29 is 23.8 Å². The van der Waals surface area contributed by atoms with Gasteiger partial charge in [-0.15, -0.1) is 0 Å². The Hall–Kier alpha value is -3.65. The molecule has 0 saturated carbocycles. The standard InChI is InChI=1S/C24H20N2O5S/c1-29-23(28)14-26-18-12-19-20(31-9-8-30-19)13-21(18)32-24(26)25-22(27)11-15-6-7-16-4-2-3-5-17(16)10-15/h2-7,10,12-13H,8-9,11,14H2,1H3. The molecular formula is C24H20N2O5S. The van der Waals surface area contributed by atoms with Crippen LogP contribution < -0.4 is 14.3 Å². The second-order valence-electron chi connectivity index (χ2n) is 7.37. The number of hydrogen-bond donors (Lipinski definition) is 0. The van der Waals surface area contributed by atoms with Crippen molar-refractivity contribution >= 4 is 44.2 Å². The van der Waals surface area contributed by atoms with Crippen molar-refractivity contribution in [3.8, 4) is 11.5 Å². The van der Waals surface area contributed by atoms with Crippen LogP contribution in [0.3, 0.4) is 0 Å². The van der Waals surface area contributed by atoms with E-state index < -0.39 is 5.97 Å². The van der Waals surface area contributed by atoms with E-state index in [1.54, 1.807) is 4.57 Å². The van der Waals surface area contributed by atoms with Crippen LogP contribution in [0.15, 0.2) is 59.6 Å². The van der Waals surface area contributed by atoms with Gasteiger partial charge in [-0.2, -0.15) is 4.99 Å². The number of rotatable bonds is 4. The Morgan fingerprint density at radius 3 is 2.56 bits per heavy atom. The van der Waals surface area contributed by atoms with Crippen molar-refractivity contribution in [2.24, 2.45) is 4.99 Å². The summed E-state index contributed by atoms with van der Waals surface area (Å²) in [4.78, 5) is 29.6. The number of ether oxygens (including phenoxy) is 3. The van der Waals surface area contributed by atoms with Crippen LogP contribution in [0.2, 0.25) is 0 Å². The van der Waals surface area contributed by atoms with Gasteiger partial charge in [-0.05, 0) is 16.3 Å². The fraction of sp³-hybridized carbons (Fsp3) is 0.208. The lowest BCUT2D eigenvalue weighted by Gasteiger charge is -2.18. The highest BCUT2D eigenvalue weighted by molar-refractivity contribution is 7.16. The average molecular weight is 449 g/mol. The summed E-state index contributed by atoms with van der Waals surface area (Å²) in [6, 6.07) is 17.6. The van der Waals surface area contributed by atoms with Crippen LogP contribution in [0.5, 0.6) is 11.5 Å².